The van der Waals surface area contributed by atoms with Crippen LogP contribution >= 0.6 is 23.1 Å². The third kappa shape index (κ3) is 3.77. The van der Waals surface area contributed by atoms with Gasteiger partial charge in [-0.2, -0.15) is 0 Å². The SMILES string of the molecule is CSc1nc2ccsc2c(=O)n1CC(=O)Nc1cccc(C(C)C)c1. The van der Waals surface area contributed by atoms with E-state index in [4.69, 9.17) is 0 Å². The van der Waals surface area contributed by atoms with Crippen molar-refractivity contribution in [3.8, 4) is 0 Å². The summed E-state index contributed by atoms with van der Waals surface area (Å²) in [5.74, 6) is 0.143. The molecular formula is C18H19N3O2S2. The minimum Gasteiger partial charge on any atom is -0.325 e. The van der Waals surface area contributed by atoms with Gasteiger partial charge in [-0.25, -0.2) is 4.98 Å². The summed E-state index contributed by atoms with van der Waals surface area (Å²) in [5.41, 5.74) is 2.40. The van der Waals surface area contributed by atoms with Crippen LogP contribution in [0.5, 0.6) is 0 Å². The first kappa shape index (κ1) is 17.7. The Morgan fingerprint density at radius 1 is 1.36 bits per heavy atom. The Labute approximate surface area is 154 Å². The topological polar surface area (TPSA) is 64.0 Å². The smallest absolute Gasteiger partial charge is 0.272 e. The number of aromatic nitrogens is 2. The number of carbonyl (C=O) groups is 1. The molecule has 0 aliphatic heterocycles. The van der Waals surface area contributed by atoms with Gasteiger partial charge in [0.15, 0.2) is 5.16 Å². The summed E-state index contributed by atoms with van der Waals surface area (Å²) >= 11 is 2.71. The van der Waals surface area contributed by atoms with Crippen molar-refractivity contribution < 1.29 is 4.79 Å². The third-order valence-corrected chi connectivity index (χ3v) is 5.42. The molecule has 2 heterocycles. The summed E-state index contributed by atoms with van der Waals surface area (Å²) < 4.78 is 2.01. The number of thioether (sulfide) groups is 1. The summed E-state index contributed by atoms with van der Waals surface area (Å²) in [4.78, 5) is 29.6. The molecule has 25 heavy (non-hydrogen) atoms. The Balaban J connectivity index is 1.86. The lowest BCUT2D eigenvalue weighted by Crippen LogP contribution is -2.29. The molecule has 0 unspecified atom stereocenters. The fourth-order valence-corrected chi connectivity index (χ4v) is 3.87. The molecule has 0 aliphatic rings. The molecule has 0 saturated heterocycles. The molecule has 0 bridgehead atoms. The van der Waals surface area contributed by atoms with Crippen molar-refractivity contribution in [2.24, 2.45) is 0 Å². The fourth-order valence-electron chi connectivity index (χ4n) is 2.54. The van der Waals surface area contributed by atoms with Crippen molar-refractivity contribution in [2.45, 2.75) is 31.5 Å². The quantitative estimate of drug-likeness (QED) is 0.543. The minimum absolute atomic E-state index is 0.0538. The van der Waals surface area contributed by atoms with E-state index < -0.39 is 0 Å². The highest BCUT2D eigenvalue weighted by atomic mass is 32.2. The molecule has 0 spiro atoms. The van der Waals surface area contributed by atoms with Crippen LogP contribution in [0.2, 0.25) is 0 Å². The van der Waals surface area contributed by atoms with Crippen molar-refractivity contribution in [2.75, 3.05) is 11.6 Å². The number of fused-ring (bicyclic) bond motifs is 1. The average molecular weight is 374 g/mol. The summed E-state index contributed by atoms with van der Waals surface area (Å²) in [5, 5.41) is 5.26. The number of thiophene rings is 1. The minimum atomic E-state index is -0.240. The van der Waals surface area contributed by atoms with Gasteiger partial charge in [-0.15, -0.1) is 11.3 Å². The van der Waals surface area contributed by atoms with Gasteiger partial charge in [0.1, 0.15) is 11.2 Å². The van der Waals surface area contributed by atoms with E-state index in [9.17, 15) is 9.59 Å². The van der Waals surface area contributed by atoms with Crippen LogP contribution in [0.3, 0.4) is 0 Å². The van der Waals surface area contributed by atoms with Crippen molar-refractivity contribution >= 4 is 44.9 Å². The molecule has 5 nitrogen and oxygen atoms in total. The standard InChI is InChI=1S/C18H19N3O2S2/c1-11(2)12-5-4-6-13(9-12)19-15(22)10-21-17(23)16-14(7-8-25-16)20-18(21)24-3/h4-9,11H,10H2,1-3H3,(H,19,22). The maximum Gasteiger partial charge on any atom is 0.272 e. The van der Waals surface area contributed by atoms with Crippen LogP contribution in [0.1, 0.15) is 25.3 Å². The summed E-state index contributed by atoms with van der Waals surface area (Å²) in [6.07, 6.45) is 1.85. The molecule has 1 aromatic carbocycles. The van der Waals surface area contributed by atoms with Crippen LogP contribution in [0.15, 0.2) is 45.7 Å². The maximum absolute atomic E-state index is 12.6. The predicted octanol–water partition coefficient (Wildman–Crippen LogP) is 3.94. The highest BCUT2D eigenvalue weighted by molar-refractivity contribution is 7.98. The van der Waals surface area contributed by atoms with Crippen LogP contribution in [-0.4, -0.2) is 21.7 Å². The van der Waals surface area contributed by atoms with Gasteiger partial charge in [0.05, 0.1) is 5.52 Å². The van der Waals surface area contributed by atoms with Crippen LogP contribution in [0.4, 0.5) is 5.69 Å². The fraction of sp³-hybridized carbons (Fsp3) is 0.278. The Hall–Kier alpha value is -2.12. The Bertz CT molecular complexity index is 976. The first-order valence-electron chi connectivity index (χ1n) is 7.91. The molecule has 7 heteroatoms. The van der Waals surface area contributed by atoms with E-state index in [1.54, 1.807) is 0 Å². The number of anilines is 1. The molecule has 3 aromatic rings. The van der Waals surface area contributed by atoms with Crippen LogP contribution in [0, 0.1) is 0 Å². The van der Waals surface area contributed by atoms with E-state index in [-0.39, 0.29) is 18.0 Å². The van der Waals surface area contributed by atoms with Gasteiger partial charge in [0.2, 0.25) is 5.91 Å². The van der Waals surface area contributed by atoms with Crippen molar-refractivity contribution in [3.05, 3.63) is 51.6 Å². The molecule has 3 rings (SSSR count). The molecule has 1 amide bonds. The second-order valence-electron chi connectivity index (χ2n) is 5.95. The van der Waals surface area contributed by atoms with Crippen LogP contribution in [0.25, 0.3) is 10.2 Å². The predicted molar refractivity (Wildman–Crippen MR) is 105 cm³/mol. The number of hydrogen-bond donors (Lipinski definition) is 1. The average Bonchev–Trinajstić information content (AvgIpc) is 3.06. The van der Waals surface area contributed by atoms with Crippen LogP contribution < -0.4 is 10.9 Å². The van der Waals surface area contributed by atoms with Gasteiger partial charge in [-0.3, -0.25) is 14.2 Å². The number of nitrogens with zero attached hydrogens (tertiary/aromatic N) is 2. The van der Waals surface area contributed by atoms with E-state index >= 15 is 0 Å². The number of amides is 1. The van der Waals surface area contributed by atoms with E-state index in [0.29, 0.717) is 21.3 Å². The first-order chi connectivity index (χ1) is 12.0. The zero-order valence-electron chi connectivity index (χ0n) is 14.3. The maximum atomic E-state index is 12.6. The van der Waals surface area contributed by atoms with Gasteiger partial charge in [0.25, 0.3) is 5.56 Å². The van der Waals surface area contributed by atoms with Gasteiger partial charge >= 0.3 is 0 Å². The van der Waals surface area contributed by atoms with E-state index in [2.05, 4.69) is 24.1 Å². The second-order valence-corrected chi connectivity index (χ2v) is 7.64. The number of nitrogens with one attached hydrogen (secondary N) is 1. The molecule has 0 fully saturated rings. The summed E-state index contributed by atoms with van der Waals surface area (Å²) in [6.45, 7) is 4.15. The van der Waals surface area contributed by atoms with E-state index in [1.807, 2.05) is 42.0 Å². The summed E-state index contributed by atoms with van der Waals surface area (Å²) in [7, 11) is 0. The lowest BCUT2D eigenvalue weighted by Gasteiger charge is -2.12. The molecule has 0 aliphatic carbocycles. The lowest BCUT2D eigenvalue weighted by molar-refractivity contribution is -0.116. The van der Waals surface area contributed by atoms with Crippen molar-refractivity contribution in [1.82, 2.24) is 9.55 Å². The van der Waals surface area contributed by atoms with Crippen LogP contribution in [-0.2, 0) is 11.3 Å². The zero-order valence-corrected chi connectivity index (χ0v) is 15.9. The largest absolute Gasteiger partial charge is 0.325 e. The molecule has 0 saturated carbocycles. The third-order valence-electron chi connectivity index (χ3n) is 3.85. The molecule has 0 radical (unpaired) electrons. The van der Waals surface area contributed by atoms with Gasteiger partial charge < -0.3 is 5.32 Å². The zero-order chi connectivity index (χ0) is 18.0. The van der Waals surface area contributed by atoms with Gasteiger partial charge in [0, 0.05) is 5.69 Å². The van der Waals surface area contributed by atoms with Crippen molar-refractivity contribution in [1.29, 1.82) is 0 Å². The number of carbonyl (C=O) groups excluding carboxylic acids is 1. The van der Waals surface area contributed by atoms with Gasteiger partial charge in [-0.05, 0) is 41.3 Å². The van der Waals surface area contributed by atoms with Gasteiger partial charge in [-0.1, -0.05) is 37.7 Å². The van der Waals surface area contributed by atoms with E-state index in [1.165, 1.54) is 27.7 Å². The first-order valence-corrected chi connectivity index (χ1v) is 10.0. The molecule has 2 aromatic heterocycles. The number of hydrogen-bond acceptors (Lipinski definition) is 5. The number of benzene rings is 1. The monoisotopic (exact) mass is 373 g/mol. The normalized spacial score (nSPS) is 11.2. The Morgan fingerprint density at radius 3 is 2.88 bits per heavy atom. The molecule has 130 valence electrons. The van der Waals surface area contributed by atoms with E-state index in [0.717, 1.165) is 11.3 Å². The Morgan fingerprint density at radius 2 is 2.16 bits per heavy atom. The van der Waals surface area contributed by atoms with Crippen molar-refractivity contribution in [3.63, 3.8) is 0 Å². The second kappa shape index (κ2) is 7.41. The molecular weight excluding hydrogens is 354 g/mol. The summed E-state index contributed by atoms with van der Waals surface area (Å²) in [6, 6.07) is 9.59. The Kier molecular flexibility index (Phi) is 5.24. The number of rotatable bonds is 5. The highest BCUT2D eigenvalue weighted by Gasteiger charge is 2.14. The molecule has 1 N–H and O–H groups in total. The lowest BCUT2D eigenvalue weighted by atomic mass is 10.0. The highest BCUT2D eigenvalue weighted by Crippen LogP contribution is 2.20. The molecule has 0 atom stereocenters.